The van der Waals surface area contributed by atoms with Crippen molar-refractivity contribution in [3.63, 3.8) is 0 Å². The van der Waals surface area contributed by atoms with Crippen LogP contribution in [-0.4, -0.2) is 25.7 Å². The summed E-state index contributed by atoms with van der Waals surface area (Å²) in [4.78, 5) is 16.6. The molecule has 0 aliphatic heterocycles. The van der Waals surface area contributed by atoms with Gasteiger partial charge in [0.1, 0.15) is 0 Å². The summed E-state index contributed by atoms with van der Waals surface area (Å²) in [5, 5.41) is 7.50. The molecule has 10 heteroatoms. The van der Waals surface area contributed by atoms with Crippen LogP contribution in [0.3, 0.4) is 0 Å². The van der Waals surface area contributed by atoms with Crippen molar-refractivity contribution in [1.29, 1.82) is 0 Å². The average Bonchev–Trinajstić information content (AvgIpc) is 3.31. The Balaban J connectivity index is 1.69. The monoisotopic (exact) mass is 382 g/mol. The van der Waals surface area contributed by atoms with Crippen LogP contribution in [0.1, 0.15) is 34.0 Å². The predicted octanol–water partition coefficient (Wildman–Crippen LogP) is 4.21. The van der Waals surface area contributed by atoms with E-state index in [2.05, 4.69) is 26.3 Å². The lowest BCUT2D eigenvalue weighted by Gasteiger charge is -1.97. The molecule has 0 spiro atoms. The van der Waals surface area contributed by atoms with Crippen molar-refractivity contribution in [2.75, 3.05) is 0 Å². The molecule has 26 heavy (non-hydrogen) atoms. The topological polar surface area (TPSA) is 73.8 Å². The Kier molecular flexibility index (Phi) is 5.03. The highest BCUT2D eigenvalue weighted by atomic mass is 32.1. The van der Waals surface area contributed by atoms with Crippen molar-refractivity contribution in [3.05, 3.63) is 53.5 Å². The van der Waals surface area contributed by atoms with Crippen LogP contribution in [0.4, 0.5) is 13.2 Å². The number of carbonyl (C=O) groups is 1. The van der Waals surface area contributed by atoms with Crippen molar-refractivity contribution < 1.29 is 22.5 Å². The van der Waals surface area contributed by atoms with E-state index in [1.165, 1.54) is 17.5 Å². The third kappa shape index (κ3) is 4.07. The first-order valence-corrected chi connectivity index (χ1v) is 8.35. The molecule has 6 nitrogen and oxygen atoms in total. The second kappa shape index (κ2) is 7.24. The Hall–Kier alpha value is -2.75. The van der Waals surface area contributed by atoms with Gasteiger partial charge in [-0.25, -0.2) is 0 Å². The molecule has 3 heterocycles. The van der Waals surface area contributed by atoms with Crippen LogP contribution in [-0.2, 0) is 12.7 Å². The lowest BCUT2D eigenvalue weighted by molar-refractivity contribution is -0.159. The minimum atomic E-state index is -4.67. The van der Waals surface area contributed by atoms with E-state index >= 15 is 0 Å². The largest absolute Gasteiger partial charge is 0.471 e. The van der Waals surface area contributed by atoms with Gasteiger partial charge in [0.2, 0.25) is 5.82 Å². The van der Waals surface area contributed by atoms with E-state index in [1.807, 2.05) is 0 Å². The van der Waals surface area contributed by atoms with Crippen LogP contribution in [0.25, 0.3) is 10.7 Å². The Morgan fingerprint density at radius 3 is 2.88 bits per heavy atom. The standard InChI is InChI=1S/C16H13F3N4O2S/c1-2-3-4-12(24)10-7-20-23(8-10)9-11-5-6-13(26-11)14-21-15(25-22-14)16(17,18)19/h2,5-8H,1,3-4,9H2. The smallest absolute Gasteiger partial charge is 0.329 e. The zero-order chi connectivity index (χ0) is 18.7. The molecule has 0 aliphatic carbocycles. The lowest BCUT2D eigenvalue weighted by Crippen LogP contribution is -2.04. The van der Waals surface area contributed by atoms with Gasteiger partial charge in [-0.1, -0.05) is 11.2 Å². The number of nitrogens with zero attached hydrogens (tertiary/aromatic N) is 4. The minimum absolute atomic E-state index is 0.0190. The van der Waals surface area contributed by atoms with Crippen LogP contribution in [0.5, 0.6) is 0 Å². The highest BCUT2D eigenvalue weighted by Crippen LogP contribution is 2.31. The van der Waals surface area contributed by atoms with Gasteiger partial charge < -0.3 is 4.52 Å². The van der Waals surface area contributed by atoms with E-state index in [0.29, 0.717) is 29.8 Å². The molecule has 0 amide bonds. The zero-order valence-electron chi connectivity index (χ0n) is 13.4. The van der Waals surface area contributed by atoms with E-state index in [1.54, 1.807) is 29.1 Å². The number of allylic oxidation sites excluding steroid dienone is 1. The first-order chi connectivity index (χ1) is 12.4. The van der Waals surface area contributed by atoms with Crippen LogP contribution in [0.15, 0.2) is 41.7 Å². The van der Waals surface area contributed by atoms with Gasteiger partial charge in [-0.2, -0.15) is 23.3 Å². The number of hydrogen-bond donors (Lipinski definition) is 0. The minimum Gasteiger partial charge on any atom is -0.329 e. The van der Waals surface area contributed by atoms with Gasteiger partial charge in [-0.05, 0) is 18.6 Å². The number of alkyl halides is 3. The summed E-state index contributed by atoms with van der Waals surface area (Å²) in [7, 11) is 0. The summed E-state index contributed by atoms with van der Waals surface area (Å²) in [5.41, 5.74) is 0.511. The molecule has 0 N–H and O–H groups in total. The predicted molar refractivity (Wildman–Crippen MR) is 87.7 cm³/mol. The van der Waals surface area contributed by atoms with Crippen molar-refractivity contribution >= 4 is 17.1 Å². The van der Waals surface area contributed by atoms with Gasteiger partial charge in [-0.3, -0.25) is 9.48 Å². The molecule has 3 aromatic heterocycles. The third-order valence-electron chi connectivity index (χ3n) is 3.40. The maximum absolute atomic E-state index is 12.5. The number of hydrogen-bond acceptors (Lipinski definition) is 6. The zero-order valence-corrected chi connectivity index (χ0v) is 14.2. The number of aromatic nitrogens is 4. The van der Waals surface area contributed by atoms with Crippen LogP contribution in [0.2, 0.25) is 0 Å². The molecule has 0 unspecified atom stereocenters. The Bertz CT molecular complexity index is 926. The average molecular weight is 382 g/mol. The maximum atomic E-state index is 12.5. The van der Waals surface area contributed by atoms with Gasteiger partial charge in [0.15, 0.2) is 5.78 Å². The number of carbonyl (C=O) groups excluding carboxylic acids is 1. The molecule has 0 aliphatic rings. The van der Waals surface area contributed by atoms with E-state index < -0.39 is 12.1 Å². The maximum Gasteiger partial charge on any atom is 0.471 e. The van der Waals surface area contributed by atoms with Crippen LogP contribution in [0, 0.1) is 0 Å². The number of halogens is 3. The van der Waals surface area contributed by atoms with Crippen LogP contribution < -0.4 is 0 Å². The molecule has 3 rings (SSSR count). The van der Waals surface area contributed by atoms with Crippen molar-refractivity contribution in [2.24, 2.45) is 0 Å². The SMILES string of the molecule is C=CCCC(=O)c1cnn(Cc2ccc(-c3noc(C(F)(F)F)n3)s2)c1. The second-order valence-electron chi connectivity index (χ2n) is 5.36. The van der Waals surface area contributed by atoms with Gasteiger partial charge in [-0.15, -0.1) is 17.9 Å². The fourth-order valence-corrected chi connectivity index (χ4v) is 3.08. The molecule has 0 saturated heterocycles. The molecule has 0 saturated carbocycles. The van der Waals surface area contributed by atoms with Crippen molar-refractivity contribution in [3.8, 4) is 10.7 Å². The van der Waals surface area contributed by atoms with Crippen molar-refractivity contribution in [2.45, 2.75) is 25.6 Å². The Labute approximate surface area is 150 Å². The number of Topliss-reactive ketones (excluding diaryl/α,β-unsaturated/α-hetero) is 1. The highest BCUT2D eigenvalue weighted by molar-refractivity contribution is 7.15. The highest BCUT2D eigenvalue weighted by Gasteiger charge is 2.38. The van der Waals surface area contributed by atoms with E-state index in [-0.39, 0.29) is 11.6 Å². The molecule has 0 aromatic carbocycles. The lowest BCUT2D eigenvalue weighted by atomic mass is 10.1. The summed E-state index contributed by atoms with van der Waals surface area (Å²) in [5.74, 6) is -1.51. The second-order valence-corrected chi connectivity index (χ2v) is 6.53. The Morgan fingerprint density at radius 2 is 2.19 bits per heavy atom. The molecular weight excluding hydrogens is 369 g/mol. The molecule has 0 bridgehead atoms. The summed E-state index contributed by atoms with van der Waals surface area (Å²) in [6.07, 6.45) is 1.11. The van der Waals surface area contributed by atoms with E-state index in [0.717, 1.165) is 4.88 Å². The normalized spacial score (nSPS) is 11.7. The first kappa shape index (κ1) is 18.1. The fourth-order valence-electron chi connectivity index (χ4n) is 2.15. The summed E-state index contributed by atoms with van der Waals surface area (Å²) in [6.45, 7) is 3.96. The summed E-state index contributed by atoms with van der Waals surface area (Å²) in [6, 6.07) is 3.36. The van der Waals surface area contributed by atoms with Gasteiger partial charge in [0, 0.05) is 17.5 Å². The van der Waals surface area contributed by atoms with Crippen LogP contribution >= 0.6 is 11.3 Å². The van der Waals surface area contributed by atoms with E-state index in [9.17, 15) is 18.0 Å². The quantitative estimate of drug-likeness (QED) is 0.452. The molecule has 0 atom stereocenters. The van der Waals surface area contributed by atoms with Crippen molar-refractivity contribution in [1.82, 2.24) is 19.9 Å². The molecule has 0 radical (unpaired) electrons. The number of thiophene rings is 1. The van der Waals surface area contributed by atoms with Gasteiger partial charge >= 0.3 is 12.1 Å². The van der Waals surface area contributed by atoms with Gasteiger partial charge in [0.25, 0.3) is 0 Å². The first-order valence-electron chi connectivity index (χ1n) is 7.53. The van der Waals surface area contributed by atoms with E-state index in [4.69, 9.17) is 0 Å². The number of rotatable bonds is 7. The van der Waals surface area contributed by atoms with Gasteiger partial charge in [0.05, 0.1) is 23.2 Å². The summed E-state index contributed by atoms with van der Waals surface area (Å²) < 4.78 is 43.4. The molecule has 0 fully saturated rings. The Morgan fingerprint density at radius 1 is 1.38 bits per heavy atom. The molecule has 136 valence electrons. The summed E-state index contributed by atoms with van der Waals surface area (Å²) >= 11 is 1.22. The fraction of sp³-hybridized carbons (Fsp3) is 0.250. The number of ketones is 1. The molecular formula is C16H13F3N4O2S. The molecule has 3 aromatic rings. The third-order valence-corrected chi connectivity index (χ3v) is 4.47.